The largest absolute Gasteiger partial charge is 0.440 e. The minimum Gasteiger partial charge on any atom is -0.440 e. The molecule has 0 aliphatic rings. The first kappa shape index (κ1) is 12.2. The van der Waals surface area contributed by atoms with Gasteiger partial charge in [-0.25, -0.2) is 9.97 Å². The minimum atomic E-state index is 0.305. The molecule has 5 heteroatoms. The molecule has 0 aliphatic carbocycles. The number of nitrogens with zero attached hydrogens (tertiary/aromatic N) is 2. The van der Waals surface area contributed by atoms with Gasteiger partial charge in [-0.05, 0) is 18.2 Å². The van der Waals surface area contributed by atoms with Crippen molar-refractivity contribution in [3.05, 3.63) is 40.7 Å². The van der Waals surface area contributed by atoms with Gasteiger partial charge < -0.3 is 9.73 Å². The Morgan fingerprint density at radius 1 is 1.37 bits per heavy atom. The number of fused-ring (bicyclic) bond motifs is 1. The van der Waals surface area contributed by atoms with Crippen LogP contribution in [0.3, 0.4) is 0 Å². The van der Waals surface area contributed by atoms with Gasteiger partial charge in [0, 0.05) is 23.2 Å². The lowest BCUT2D eigenvalue weighted by Crippen LogP contribution is -1.98. The molecule has 0 saturated heterocycles. The number of oxazole rings is 1. The van der Waals surface area contributed by atoms with Gasteiger partial charge in [0.2, 0.25) is 0 Å². The van der Waals surface area contributed by atoms with Crippen LogP contribution in [-0.4, -0.2) is 9.97 Å². The maximum Gasteiger partial charge on any atom is 0.198 e. The zero-order chi connectivity index (χ0) is 13.2. The smallest absolute Gasteiger partial charge is 0.198 e. The first-order valence-corrected chi connectivity index (χ1v) is 7.13. The Kier molecular flexibility index (Phi) is 3.21. The highest BCUT2D eigenvalue weighted by Crippen LogP contribution is 2.24. The van der Waals surface area contributed by atoms with Crippen molar-refractivity contribution in [2.24, 2.45) is 0 Å². The normalized spacial score (nSPS) is 11.3. The highest BCUT2D eigenvalue weighted by molar-refractivity contribution is 7.09. The van der Waals surface area contributed by atoms with Crippen LogP contribution in [0.4, 0.5) is 5.69 Å². The van der Waals surface area contributed by atoms with Gasteiger partial charge in [0.1, 0.15) is 10.5 Å². The van der Waals surface area contributed by atoms with E-state index >= 15 is 0 Å². The molecule has 3 aromatic rings. The molecule has 0 bridgehead atoms. The van der Waals surface area contributed by atoms with Crippen molar-refractivity contribution in [2.75, 3.05) is 5.32 Å². The summed E-state index contributed by atoms with van der Waals surface area (Å²) in [6.07, 6.45) is 1.82. The molecule has 0 fully saturated rings. The van der Waals surface area contributed by atoms with Crippen LogP contribution in [0.15, 0.2) is 34.2 Å². The Balaban J connectivity index is 1.80. The van der Waals surface area contributed by atoms with Gasteiger partial charge in [-0.1, -0.05) is 13.8 Å². The second-order valence-electron chi connectivity index (χ2n) is 4.67. The molecule has 1 N–H and O–H groups in total. The number of hydrogen-bond acceptors (Lipinski definition) is 5. The molecule has 0 spiro atoms. The first-order valence-electron chi connectivity index (χ1n) is 6.25. The number of nitrogens with one attached hydrogen (secondary N) is 1. The van der Waals surface area contributed by atoms with Crippen molar-refractivity contribution in [3.63, 3.8) is 0 Å². The maximum absolute atomic E-state index is 5.69. The second-order valence-corrected chi connectivity index (χ2v) is 5.65. The van der Waals surface area contributed by atoms with E-state index in [4.69, 9.17) is 4.42 Å². The Morgan fingerprint density at radius 3 is 3.00 bits per heavy atom. The van der Waals surface area contributed by atoms with Gasteiger partial charge in [-0.15, -0.1) is 11.3 Å². The van der Waals surface area contributed by atoms with Crippen molar-refractivity contribution in [2.45, 2.75) is 26.3 Å². The average Bonchev–Trinajstić information content (AvgIpc) is 3.04. The second kappa shape index (κ2) is 5.01. The summed E-state index contributed by atoms with van der Waals surface area (Å²) >= 11 is 1.65. The standard InChI is InChI=1S/C14H15N3OS/c1-9(2)14-17-11-7-10(3-4-12(11)18-14)16-8-13-15-5-6-19-13/h3-7,9,16H,8H2,1-2H3. The SMILES string of the molecule is CC(C)c1nc2cc(NCc3nccs3)ccc2o1. The maximum atomic E-state index is 5.69. The summed E-state index contributed by atoms with van der Waals surface area (Å²) in [5.74, 6) is 1.09. The Bertz CT molecular complexity index is 673. The van der Waals surface area contributed by atoms with Gasteiger partial charge in [0.25, 0.3) is 0 Å². The van der Waals surface area contributed by atoms with Crippen molar-refractivity contribution in [3.8, 4) is 0 Å². The summed E-state index contributed by atoms with van der Waals surface area (Å²) in [5, 5.41) is 6.40. The van der Waals surface area contributed by atoms with Crippen LogP contribution in [0, 0.1) is 0 Å². The van der Waals surface area contributed by atoms with Gasteiger partial charge in [-0.3, -0.25) is 0 Å². The number of hydrogen-bond donors (Lipinski definition) is 1. The van der Waals surface area contributed by atoms with Crippen molar-refractivity contribution in [1.29, 1.82) is 0 Å². The fourth-order valence-electron chi connectivity index (χ4n) is 1.82. The minimum absolute atomic E-state index is 0.305. The zero-order valence-corrected chi connectivity index (χ0v) is 11.7. The molecule has 0 radical (unpaired) electrons. The fourth-order valence-corrected chi connectivity index (χ4v) is 2.38. The van der Waals surface area contributed by atoms with Crippen LogP contribution in [0.1, 0.15) is 30.7 Å². The van der Waals surface area contributed by atoms with Crippen LogP contribution in [0.5, 0.6) is 0 Å². The van der Waals surface area contributed by atoms with E-state index in [1.165, 1.54) is 0 Å². The van der Waals surface area contributed by atoms with Gasteiger partial charge in [0.05, 0.1) is 6.54 Å². The molecular formula is C14H15N3OS. The van der Waals surface area contributed by atoms with Crippen LogP contribution >= 0.6 is 11.3 Å². The molecule has 19 heavy (non-hydrogen) atoms. The molecular weight excluding hydrogens is 258 g/mol. The molecule has 3 rings (SSSR count). The highest BCUT2D eigenvalue weighted by Gasteiger charge is 2.09. The number of aromatic nitrogens is 2. The van der Waals surface area contributed by atoms with Crippen LogP contribution < -0.4 is 5.32 Å². The van der Waals surface area contributed by atoms with E-state index < -0.39 is 0 Å². The molecule has 98 valence electrons. The lowest BCUT2D eigenvalue weighted by atomic mass is 10.2. The van der Waals surface area contributed by atoms with E-state index in [0.717, 1.165) is 34.2 Å². The van der Waals surface area contributed by atoms with Crippen LogP contribution in [0.2, 0.25) is 0 Å². The molecule has 0 unspecified atom stereocenters. The lowest BCUT2D eigenvalue weighted by molar-refractivity contribution is 0.501. The summed E-state index contributed by atoms with van der Waals surface area (Å²) in [6.45, 7) is 4.89. The van der Waals surface area contributed by atoms with E-state index in [2.05, 4.69) is 29.1 Å². The highest BCUT2D eigenvalue weighted by atomic mass is 32.1. The van der Waals surface area contributed by atoms with E-state index in [1.54, 1.807) is 11.3 Å². The molecule has 0 aliphatic heterocycles. The number of rotatable bonds is 4. The van der Waals surface area contributed by atoms with Crippen molar-refractivity contribution >= 4 is 28.1 Å². The predicted molar refractivity (Wildman–Crippen MR) is 77.5 cm³/mol. The molecule has 4 nitrogen and oxygen atoms in total. The molecule has 2 heterocycles. The summed E-state index contributed by atoms with van der Waals surface area (Å²) < 4.78 is 5.69. The molecule has 0 atom stereocenters. The number of thiazole rings is 1. The number of benzene rings is 1. The van der Waals surface area contributed by atoms with Gasteiger partial charge >= 0.3 is 0 Å². The van der Waals surface area contributed by atoms with Gasteiger partial charge in [-0.2, -0.15) is 0 Å². The van der Waals surface area contributed by atoms with Crippen molar-refractivity contribution < 1.29 is 4.42 Å². The predicted octanol–water partition coefficient (Wildman–Crippen LogP) is 4.02. The Labute approximate surface area is 115 Å². The third-order valence-corrected chi connectivity index (χ3v) is 3.60. The van der Waals surface area contributed by atoms with E-state index in [9.17, 15) is 0 Å². The van der Waals surface area contributed by atoms with Crippen LogP contribution in [-0.2, 0) is 6.54 Å². The molecule has 0 amide bonds. The zero-order valence-electron chi connectivity index (χ0n) is 10.9. The third kappa shape index (κ3) is 2.61. The molecule has 2 aromatic heterocycles. The first-order chi connectivity index (χ1) is 9.22. The quantitative estimate of drug-likeness (QED) is 0.780. The van der Waals surface area contributed by atoms with Crippen molar-refractivity contribution in [1.82, 2.24) is 9.97 Å². The Hall–Kier alpha value is -1.88. The number of anilines is 1. The van der Waals surface area contributed by atoms with E-state index in [-0.39, 0.29) is 0 Å². The summed E-state index contributed by atoms with van der Waals surface area (Å²) in [7, 11) is 0. The van der Waals surface area contributed by atoms with Crippen LogP contribution in [0.25, 0.3) is 11.1 Å². The summed E-state index contributed by atoms with van der Waals surface area (Å²) in [4.78, 5) is 8.74. The summed E-state index contributed by atoms with van der Waals surface area (Å²) in [5.41, 5.74) is 2.77. The summed E-state index contributed by atoms with van der Waals surface area (Å²) in [6, 6.07) is 5.97. The topological polar surface area (TPSA) is 51.0 Å². The monoisotopic (exact) mass is 273 g/mol. The molecule has 0 saturated carbocycles. The Morgan fingerprint density at radius 2 is 2.26 bits per heavy atom. The fraction of sp³-hybridized carbons (Fsp3) is 0.286. The van der Waals surface area contributed by atoms with Gasteiger partial charge in [0.15, 0.2) is 11.5 Å². The molecule has 1 aromatic carbocycles. The lowest BCUT2D eigenvalue weighted by Gasteiger charge is -2.02. The van der Waals surface area contributed by atoms with E-state index in [0.29, 0.717) is 5.92 Å². The third-order valence-electron chi connectivity index (χ3n) is 2.83. The average molecular weight is 273 g/mol. The van der Waals surface area contributed by atoms with E-state index in [1.807, 2.05) is 29.8 Å².